The van der Waals surface area contributed by atoms with Gasteiger partial charge in [-0.25, -0.2) is 5.01 Å². The van der Waals surface area contributed by atoms with Gasteiger partial charge in [0.15, 0.2) is 11.5 Å². The molecule has 2 atom stereocenters. The molecule has 0 amide bonds. The molecular weight excluding hydrogens is 435 g/mol. The zero-order valence-electron chi connectivity index (χ0n) is 17.0. The monoisotopic (exact) mass is 454 g/mol. The average molecular weight is 455 g/mol. The molecule has 3 aromatic carbocycles. The van der Waals surface area contributed by atoms with Gasteiger partial charge in [-0.15, -0.1) is 0 Å². The van der Waals surface area contributed by atoms with E-state index < -0.39 is 0 Å². The Morgan fingerprint density at radius 1 is 0.903 bits per heavy atom. The molecule has 158 valence electrons. The highest BCUT2D eigenvalue weighted by molar-refractivity contribution is 6.30. The summed E-state index contributed by atoms with van der Waals surface area (Å²) in [6.07, 6.45) is 0.351. The van der Waals surface area contributed by atoms with Crippen LogP contribution in [0.1, 0.15) is 35.4 Å². The second-order valence-corrected chi connectivity index (χ2v) is 8.29. The Morgan fingerprint density at radius 2 is 1.65 bits per heavy atom. The van der Waals surface area contributed by atoms with E-state index in [2.05, 4.69) is 0 Å². The summed E-state index contributed by atoms with van der Waals surface area (Å²) in [7, 11) is 3.25. The average Bonchev–Trinajstić information content (AvgIpc) is 3.24. The summed E-state index contributed by atoms with van der Waals surface area (Å²) in [5, 5.41) is 8.33. The minimum atomic E-state index is -0.367. The molecule has 5 rings (SSSR count). The topological polar surface area (TPSA) is 43.3 Å². The molecule has 31 heavy (non-hydrogen) atoms. The Balaban J connectivity index is 1.58. The number of halogens is 2. The smallest absolute Gasteiger partial charge is 0.213 e. The number of methoxy groups -OCH3 is 2. The molecule has 0 radical (unpaired) electrons. The molecular formula is C24H20Cl2N2O3. The van der Waals surface area contributed by atoms with E-state index in [4.69, 9.17) is 42.5 Å². The second-order valence-electron chi connectivity index (χ2n) is 7.42. The van der Waals surface area contributed by atoms with Crippen molar-refractivity contribution in [3.63, 3.8) is 0 Å². The number of benzene rings is 3. The molecule has 2 aliphatic rings. The number of hydrazone groups is 1. The van der Waals surface area contributed by atoms with Crippen molar-refractivity contribution in [3.05, 3.63) is 87.4 Å². The molecule has 2 aliphatic heterocycles. The molecule has 0 aliphatic carbocycles. The summed E-state index contributed by atoms with van der Waals surface area (Å²) >= 11 is 12.4. The van der Waals surface area contributed by atoms with Crippen LogP contribution in [-0.2, 0) is 0 Å². The Kier molecular flexibility index (Phi) is 5.16. The highest BCUT2D eigenvalue weighted by atomic mass is 35.5. The Morgan fingerprint density at radius 3 is 2.39 bits per heavy atom. The maximum absolute atomic E-state index is 6.36. The number of hydrogen-bond acceptors (Lipinski definition) is 5. The summed E-state index contributed by atoms with van der Waals surface area (Å²) in [6, 6.07) is 19.2. The van der Waals surface area contributed by atoms with Crippen LogP contribution in [0.2, 0.25) is 10.0 Å². The van der Waals surface area contributed by atoms with E-state index in [9.17, 15) is 0 Å². The lowest BCUT2D eigenvalue weighted by atomic mass is 9.95. The van der Waals surface area contributed by atoms with Crippen LogP contribution in [0.15, 0.2) is 65.8 Å². The van der Waals surface area contributed by atoms with Gasteiger partial charge in [-0.05, 0) is 48.5 Å². The molecule has 0 aromatic heterocycles. The van der Waals surface area contributed by atoms with Gasteiger partial charge in [-0.2, -0.15) is 5.10 Å². The van der Waals surface area contributed by atoms with E-state index in [-0.39, 0.29) is 12.3 Å². The van der Waals surface area contributed by atoms with Crippen molar-refractivity contribution in [2.75, 3.05) is 14.2 Å². The number of hydrogen-bond donors (Lipinski definition) is 0. The van der Waals surface area contributed by atoms with Gasteiger partial charge in [-0.3, -0.25) is 0 Å². The van der Waals surface area contributed by atoms with Gasteiger partial charge in [0.1, 0.15) is 5.75 Å². The van der Waals surface area contributed by atoms with Crippen LogP contribution in [0.3, 0.4) is 0 Å². The second kappa shape index (κ2) is 7.98. The molecule has 0 fully saturated rings. The van der Waals surface area contributed by atoms with Crippen molar-refractivity contribution in [3.8, 4) is 17.2 Å². The molecule has 0 bridgehead atoms. The maximum atomic E-state index is 6.36. The molecule has 0 saturated carbocycles. The van der Waals surface area contributed by atoms with Crippen molar-refractivity contribution < 1.29 is 14.2 Å². The quantitative estimate of drug-likeness (QED) is 0.466. The lowest BCUT2D eigenvalue weighted by Gasteiger charge is -2.38. The fraction of sp³-hybridized carbons (Fsp3) is 0.208. The van der Waals surface area contributed by atoms with Gasteiger partial charge in [0.05, 0.1) is 26.0 Å². The summed E-state index contributed by atoms with van der Waals surface area (Å²) in [5.74, 6) is 2.16. The van der Waals surface area contributed by atoms with E-state index in [1.54, 1.807) is 14.2 Å². The minimum Gasteiger partial charge on any atom is -0.493 e. The van der Waals surface area contributed by atoms with E-state index in [1.165, 1.54) is 0 Å². The molecule has 2 heterocycles. The highest BCUT2D eigenvalue weighted by Crippen LogP contribution is 2.48. The van der Waals surface area contributed by atoms with Gasteiger partial charge in [0, 0.05) is 33.2 Å². The zero-order valence-corrected chi connectivity index (χ0v) is 18.5. The van der Waals surface area contributed by atoms with Crippen LogP contribution in [0.4, 0.5) is 0 Å². The first-order valence-corrected chi connectivity index (χ1v) is 10.6. The van der Waals surface area contributed by atoms with Crippen molar-refractivity contribution in [2.24, 2.45) is 5.10 Å². The summed E-state index contributed by atoms with van der Waals surface area (Å²) in [5.41, 5.74) is 3.93. The van der Waals surface area contributed by atoms with E-state index >= 15 is 0 Å². The Hall–Kier alpha value is -2.89. The third kappa shape index (κ3) is 3.58. The van der Waals surface area contributed by atoms with Crippen molar-refractivity contribution in [2.45, 2.75) is 18.7 Å². The Bertz CT molecular complexity index is 1160. The first-order valence-electron chi connectivity index (χ1n) is 9.87. The normalized spacial score (nSPS) is 19.2. The standard InChI is InChI=1S/C24H20Cl2N2O3/c1-29-22-9-5-15(11-23(22)30-2)19-13-20-18-12-17(26)8-10-21(18)31-24(28(20)27-19)14-3-6-16(25)7-4-14/h3-12,20,24H,13H2,1-2H3/t20-,24+/m1/s1. The zero-order chi connectivity index (χ0) is 21.5. The van der Waals surface area contributed by atoms with Crippen LogP contribution < -0.4 is 14.2 Å². The molecule has 0 spiro atoms. The van der Waals surface area contributed by atoms with Crippen LogP contribution in [0.25, 0.3) is 0 Å². The SMILES string of the molecule is COc1ccc(C2=NN3[C@H](C2)c2cc(Cl)ccc2O[C@H]3c2ccc(Cl)cc2)cc1OC. The largest absolute Gasteiger partial charge is 0.493 e. The predicted octanol–water partition coefficient (Wildman–Crippen LogP) is 6.25. The van der Waals surface area contributed by atoms with Gasteiger partial charge < -0.3 is 14.2 Å². The van der Waals surface area contributed by atoms with Crippen LogP contribution in [-0.4, -0.2) is 24.9 Å². The maximum Gasteiger partial charge on any atom is 0.213 e. The van der Waals surface area contributed by atoms with Crippen LogP contribution >= 0.6 is 23.2 Å². The molecule has 0 saturated heterocycles. The third-order valence-electron chi connectivity index (χ3n) is 5.62. The molecule has 7 heteroatoms. The summed E-state index contributed by atoms with van der Waals surface area (Å²) < 4.78 is 17.2. The van der Waals surface area contributed by atoms with E-state index in [0.29, 0.717) is 21.5 Å². The number of ether oxygens (including phenoxy) is 3. The lowest BCUT2D eigenvalue weighted by Crippen LogP contribution is -2.33. The summed E-state index contributed by atoms with van der Waals surface area (Å²) in [6.45, 7) is 0. The van der Waals surface area contributed by atoms with Crippen molar-refractivity contribution in [1.29, 1.82) is 0 Å². The Labute approximate surface area is 190 Å². The van der Waals surface area contributed by atoms with Crippen molar-refractivity contribution in [1.82, 2.24) is 5.01 Å². The number of nitrogens with zero attached hydrogens (tertiary/aromatic N) is 2. The van der Waals surface area contributed by atoms with Gasteiger partial charge >= 0.3 is 0 Å². The van der Waals surface area contributed by atoms with Crippen LogP contribution in [0.5, 0.6) is 17.2 Å². The first kappa shape index (κ1) is 20.0. The number of rotatable bonds is 4. The number of fused-ring (bicyclic) bond motifs is 3. The van der Waals surface area contributed by atoms with E-state index in [1.807, 2.05) is 65.7 Å². The lowest BCUT2D eigenvalue weighted by molar-refractivity contribution is -0.0190. The fourth-order valence-electron chi connectivity index (χ4n) is 4.10. The van der Waals surface area contributed by atoms with Crippen molar-refractivity contribution >= 4 is 28.9 Å². The van der Waals surface area contributed by atoms with Gasteiger partial charge in [0.2, 0.25) is 6.23 Å². The third-order valence-corrected chi connectivity index (χ3v) is 6.11. The predicted molar refractivity (Wildman–Crippen MR) is 122 cm³/mol. The molecule has 0 N–H and O–H groups in total. The van der Waals surface area contributed by atoms with E-state index in [0.717, 1.165) is 34.6 Å². The molecule has 3 aromatic rings. The fourth-order valence-corrected chi connectivity index (χ4v) is 4.40. The molecule has 0 unspecified atom stereocenters. The molecule has 5 nitrogen and oxygen atoms in total. The minimum absolute atomic E-state index is 0.00576. The first-order chi connectivity index (χ1) is 15.1. The van der Waals surface area contributed by atoms with Gasteiger partial charge in [0.25, 0.3) is 0 Å². The highest BCUT2D eigenvalue weighted by Gasteiger charge is 2.41. The van der Waals surface area contributed by atoms with Gasteiger partial charge in [-0.1, -0.05) is 35.3 Å². The van der Waals surface area contributed by atoms with Crippen LogP contribution in [0, 0.1) is 0 Å². The summed E-state index contributed by atoms with van der Waals surface area (Å²) in [4.78, 5) is 0.